The third-order valence-electron chi connectivity index (χ3n) is 6.02. The maximum Gasteiger partial charge on any atom is 0.273 e. The molecule has 0 saturated heterocycles. The van der Waals surface area contributed by atoms with Crippen molar-refractivity contribution in [1.82, 2.24) is 20.0 Å². The highest BCUT2D eigenvalue weighted by Gasteiger charge is 2.48. The van der Waals surface area contributed by atoms with Gasteiger partial charge in [-0.2, -0.15) is 5.10 Å². The molecule has 1 atom stereocenters. The van der Waals surface area contributed by atoms with Gasteiger partial charge in [0.2, 0.25) is 5.91 Å². The Balaban J connectivity index is 1.98. The third-order valence-corrected chi connectivity index (χ3v) is 6.02. The molecule has 0 radical (unpaired) electrons. The number of fused-ring (bicyclic) bond motifs is 1. The summed E-state index contributed by atoms with van der Waals surface area (Å²) >= 11 is 0. The van der Waals surface area contributed by atoms with Crippen LogP contribution < -0.4 is 5.32 Å². The van der Waals surface area contributed by atoms with E-state index in [1.165, 1.54) is 0 Å². The van der Waals surface area contributed by atoms with E-state index in [-0.39, 0.29) is 17.2 Å². The molecule has 0 saturated carbocycles. The predicted molar refractivity (Wildman–Crippen MR) is 123 cm³/mol. The van der Waals surface area contributed by atoms with Gasteiger partial charge in [0.05, 0.1) is 12.2 Å². The molecule has 1 N–H and O–H groups in total. The molecule has 1 aromatic carbocycles. The number of hydrogen-bond donors (Lipinski definition) is 1. The van der Waals surface area contributed by atoms with Crippen molar-refractivity contribution in [2.75, 3.05) is 6.54 Å². The van der Waals surface area contributed by atoms with Crippen LogP contribution >= 0.6 is 0 Å². The number of carbonyl (C=O) groups excluding carboxylic acids is 2. The van der Waals surface area contributed by atoms with Gasteiger partial charge in [-0.1, -0.05) is 64.4 Å². The Morgan fingerprint density at radius 2 is 1.87 bits per heavy atom. The van der Waals surface area contributed by atoms with E-state index in [1.807, 2.05) is 44.2 Å². The molecule has 1 aliphatic rings. The van der Waals surface area contributed by atoms with Gasteiger partial charge in [0.15, 0.2) is 0 Å². The Morgan fingerprint density at radius 3 is 2.45 bits per heavy atom. The van der Waals surface area contributed by atoms with Gasteiger partial charge < -0.3 is 10.2 Å². The fraction of sp³-hybridized carbons (Fsp3) is 0.560. The van der Waals surface area contributed by atoms with Crippen LogP contribution in [0.4, 0.5) is 0 Å². The lowest BCUT2D eigenvalue weighted by Gasteiger charge is -2.43. The summed E-state index contributed by atoms with van der Waals surface area (Å²) in [6.07, 6.45) is 0.898. The van der Waals surface area contributed by atoms with Crippen molar-refractivity contribution in [3.8, 4) is 0 Å². The molecule has 2 amide bonds. The summed E-state index contributed by atoms with van der Waals surface area (Å²) in [4.78, 5) is 28.7. The van der Waals surface area contributed by atoms with Crippen molar-refractivity contribution >= 4 is 11.8 Å². The molecule has 6 heteroatoms. The minimum Gasteiger partial charge on any atom is -0.354 e. The molecule has 0 bridgehead atoms. The highest BCUT2D eigenvalue weighted by atomic mass is 16.2. The van der Waals surface area contributed by atoms with Crippen molar-refractivity contribution in [3.63, 3.8) is 0 Å². The highest BCUT2D eigenvalue weighted by molar-refractivity contribution is 5.99. The lowest BCUT2D eigenvalue weighted by atomic mass is 9.91. The molecule has 1 aliphatic heterocycles. The van der Waals surface area contributed by atoms with E-state index in [0.717, 1.165) is 23.2 Å². The van der Waals surface area contributed by atoms with Crippen LogP contribution in [0, 0.1) is 12.8 Å². The number of amides is 2. The topological polar surface area (TPSA) is 67.2 Å². The molecule has 168 valence electrons. The first-order valence-corrected chi connectivity index (χ1v) is 11.2. The lowest BCUT2D eigenvalue weighted by Crippen LogP contribution is -2.63. The van der Waals surface area contributed by atoms with E-state index in [0.29, 0.717) is 31.2 Å². The largest absolute Gasteiger partial charge is 0.354 e. The fourth-order valence-corrected chi connectivity index (χ4v) is 3.80. The molecule has 31 heavy (non-hydrogen) atoms. The molecular formula is C25H36N4O2. The number of aryl methyl sites for hydroxylation is 1. The molecule has 1 aromatic heterocycles. The van der Waals surface area contributed by atoms with Gasteiger partial charge >= 0.3 is 0 Å². The first kappa shape index (κ1) is 23.0. The summed E-state index contributed by atoms with van der Waals surface area (Å²) in [7, 11) is 0. The van der Waals surface area contributed by atoms with Gasteiger partial charge in [0.25, 0.3) is 5.91 Å². The van der Waals surface area contributed by atoms with Crippen LogP contribution in [-0.4, -0.2) is 38.6 Å². The van der Waals surface area contributed by atoms with Gasteiger partial charge in [0.1, 0.15) is 11.2 Å². The second-order valence-electron chi connectivity index (χ2n) is 10.4. The van der Waals surface area contributed by atoms with Crippen molar-refractivity contribution in [2.45, 2.75) is 78.9 Å². The van der Waals surface area contributed by atoms with E-state index in [9.17, 15) is 9.59 Å². The first-order chi connectivity index (χ1) is 14.4. The van der Waals surface area contributed by atoms with Crippen molar-refractivity contribution in [3.05, 3.63) is 52.8 Å². The molecule has 0 unspecified atom stereocenters. The molecule has 3 rings (SSSR count). The van der Waals surface area contributed by atoms with Gasteiger partial charge in [-0.25, -0.2) is 0 Å². The standard InChI is InChI=1S/C25H36N4O2/c1-17(2)12-13-26-23(31)25(7)16-29-20(14-21(27-29)24(4,5)6)22(30)28(25)15-19-10-8-18(3)9-11-19/h8-11,14,17H,12-13,15-16H2,1-7H3,(H,26,31)/t25-/m1/s1. The smallest absolute Gasteiger partial charge is 0.273 e. The quantitative estimate of drug-likeness (QED) is 0.760. The van der Waals surface area contributed by atoms with Gasteiger partial charge in [-0.3, -0.25) is 14.3 Å². The van der Waals surface area contributed by atoms with Crippen molar-refractivity contribution in [2.24, 2.45) is 5.92 Å². The van der Waals surface area contributed by atoms with Gasteiger partial charge in [0, 0.05) is 18.5 Å². The molecule has 6 nitrogen and oxygen atoms in total. The number of hydrogen-bond acceptors (Lipinski definition) is 3. The molecule has 2 aromatic rings. The average molecular weight is 425 g/mol. The van der Waals surface area contributed by atoms with Crippen LogP contribution in [-0.2, 0) is 23.3 Å². The molecule has 0 aliphatic carbocycles. The molecule has 0 spiro atoms. The van der Waals surface area contributed by atoms with Crippen LogP contribution in [0.5, 0.6) is 0 Å². The number of rotatable bonds is 6. The van der Waals surface area contributed by atoms with Gasteiger partial charge in [-0.15, -0.1) is 0 Å². The van der Waals surface area contributed by atoms with Crippen LogP contribution in [0.2, 0.25) is 0 Å². The summed E-state index contributed by atoms with van der Waals surface area (Å²) in [5.74, 6) is 0.209. The van der Waals surface area contributed by atoms with Crippen molar-refractivity contribution < 1.29 is 9.59 Å². The molecular weight excluding hydrogens is 388 g/mol. The Bertz CT molecular complexity index is 953. The normalized spacial score (nSPS) is 19.0. The monoisotopic (exact) mass is 424 g/mol. The minimum absolute atomic E-state index is 0.132. The van der Waals surface area contributed by atoms with E-state index >= 15 is 0 Å². The maximum absolute atomic E-state index is 13.6. The van der Waals surface area contributed by atoms with Crippen molar-refractivity contribution in [1.29, 1.82) is 0 Å². The summed E-state index contributed by atoms with van der Waals surface area (Å²) in [6, 6.07) is 9.98. The zero-order chi connectivity index (χ0) is 23.0. The second kappa shape index (κ2) is 8.48. The van der Waals surface area contributed by atoms with Crippen LogP contribution in [0.15, 0.2) is 30.3 Å². The predicted octanol–water partition coefficient (Wildman–Crippen LogP) is 4.07. The van der Waals surface area contributed by atoms with Crippen LogP contribution in [0.25, 0.3) is 0 Å². The van der Waals surface area contributed by atoms with E-state index in [1.54, 1.807) is 9.58 Å². The number of carbonyl (C=O) groups is 2. The Labute approximate surface area is 186 Å². The number of aromatic nitrogens is 2. The molecule has 2 heterocycles. The Kier molecular flexibility index (Phi) is 6.30. The van der Waals surface area contributed by atoms with Crippen LogP contribution in [0.3, 0.4) is 0 Å². The fourth-order valence-electron chi connectivity index (χ4n) is 3.80. The number of nitrogens with zero attached hydrogens (tertiary/aromatic N) is 3. The first-order valence-electron chi connectivity index (χ1n) is 11.2. The summed E-state index contributed by atoms with van der Waals surface area (Å²) in [5, 5.41) is 7.76. The zero-order valence-electron chi connectivity index (χ0n) is 20.0. The number of nitrogens with one attached hydrogen (secondary N) is 1. The van der Waals surface area contributed by atoms with Crippen LogP contribution in [0.1, 0.15) is 75.3 Å². The van der Waals surface area contributed by atoms with E-state index in [4.69, 9.17) is 5.10 Å². The zero-order valence-corrected chi connectivity index (χ0v) is 20.0. The summed E-state index contributed by atoms with van der Waals surface area (Å²) in [6.45, 7) is 15.7. The van der Waals surface area contributed by atoms with E-state index < -0.39 is 5.54 Å². The maximum atomic E-state index is 13.6. The average Bonchev–Trinajstić information content (AvgIpc) is 3.10. The molecule has 0 fully saturated rings. The van der Waals surface area contributed by atoms with E-state index in [2.05, 4.69) is 39.9 Å². The Morgan fingerprint density at radius 1 is 1.23 bits per heavy atom. The third kappa shape index (κ3) is 4.83. The number of benzene rings is 1. The van der Waals surface area contributed by atoms with Gasteiger partial charge in [-0.05, 0) is 37.8 Å². The SMILES string of the molecule is Cc1ccc(CN2C(=O)c3cc(C(C)(C)C)nn3C[C@]2(C)C(=O)NCCC(C)C)cc1. The lowest BCUT2D eigenvalue weighted by molar-refractivity contribution is -0.133. The summed E-state index contributed by atoms with van der Waals surface area (Å²) < 4.78 is 1.72. The highest BCUT2D eigenvalue weighted by Crippen LogP contribution is 2.32. The summed E-state index contributed by atoms with van der Waals surface area (Å²) in [5.41, 5.74) is 2.37. The minimum atomic E-state index is -1.02. The second-order valence-corrected chi connectivity index (χ2v) is 10.4. The Hall–Kier alpha value is -2.63.